The van der Waals surface area contributed by atoms with Gasteiger partial charge in [0, 0.05) is 6.54 Å². The van der Waals surface area contributed by atoms with Crippen LogP contribution in [0.25, 0.3) is 0 Å². The van der Waals surface area contributed by atoms with E-state index in [9.17, 15) is 13.2 Å². The first kappa shape index (κ1) is 16.0. The number of hydrogen-bond acceptors (Lipinski definition) is 5. The van der Waals surface area contributed by atoms with Gasteiger partial charge < -0.3 is 11.1 Å². The van der Waals surface area contributed by atoms with Gasteiger partial charge in [-0.15, -0.1) is 11.3 Å². The third-order valence-electron chi connectivity index (χ3n) is 3.40. The lowest BCUT2D eigenvalue weighted by Crippen LogP contribution is -2.34. The van der Waals surface area contributed by atoms with Gasteiger partial charge in [0.05, 0.1) is 27.3 Å². The molecule has 21 heavy (non-hydrogen) atoms. The summed E-state index contributed by atoms with van der Waals surface area (Å²) in [6.45, 7) is 2.34. The summed E-state index contributed by atoms with van der Waals surface area (Å²) >= 11 is 1.30. The molecule has 2 heterocycles. The van der Waals surface area contributed by atoms with Gasteiger partial charge in [-0.2, -0.15) is 0 Å². The number of nitrogens with one attached hydrogen (secondary N) is 1. The Morgan fingerprint density at radius 2 is 2.33 bits per heavy atom. The van der Waals surface area contributed by atoms with Crippen molar-refractivity contribution >= 4 is 27.1 Å². The SMILES string of the molecule is Cc1cc(C(=O)NCC2CCCS2(=O)=O)sc1C#CCN. The first-order chi connectivity index (χ1) is 9.94. The Bertz CT molecular complexity index is 696. The Labute approximate surface area is 128 Å². The molecule has 0 radical (unpaired) electrons. The third-order valence-corrected chi connectivity index (χ3v) is 6.83. The molecule has 1 aliphatic rings. The lowest BCUT2D eigenvalue weighted by atomic mass is 10.2. The number of carbonyl (C=O) groups is 1. The summed E-state index contributed by atoms with van der Waals surface area (Å²) in [6, 6.07) is 1.77. The Morgan fingerprint density at radius 3 is 2.95 bits per heavy atom. The zero-order valence-corrected chi connectivity index (χ0v) is 13.4. The number of hydrogen-bond donors (Lipinski definition) is 2. The van der Waals surface area contributed by atoms with E-state index in [1.54, 1.807) is 6.07 Å². The van der Waals surface area contributed by atoms with Crippen molar-refractivity contribution < 1.29 is 13.2 Å². The predicted molar refractivity (Wildman–Crippen MR) is 84.1 cm³/mol. The van der Waals surface area contributed by atoms with Crippen molar-refractivity contribution in [1.29, 1.82) is 0 Å². The summed E-state index contributed by atoms with van der Waals surface area (Å²) < 4.78 is 23.4. The summed E-state index contributed by atoms with van der Waals surface area (Å²) in [7, 11) is -3.03. The molecule has 1 fully saturated rings. The summed E-state index contributed by atoms with van der Waals surface area (Å²) in [5, 5.41) is 2.27. The van der Waals surface area contributed by atoms with E-state index in [-0.39, 0.29) is 24.7 Å². The van der Waals surface area contributed by atoms with Gasteiger partial charge in [0.25, 0.3) is 5.91 Å². The lowest BCUT2D eigenvalue weighted by molar-refractivity contribution is 0.0957. The van der Waals surface area contributed by atoms with Gasteiger partial charge in [0.15, 0.2) is 9.84 Å². The van der Waals surface area contributed by atoms with Crippen molar-refractivity contribution in [2.45, 2.75) is 25.0 Å². The fourth-order valence-corrected chi connectivity index (χ4v) is 4.96. The predicted octanol–water partition coefficient (Wildman–Crippen LogP) is 0.674. The smallest absolute Gasteiger partial charge is 0.261 e. The van der Waals surface area contributed by atoms with Gasteiger partial charge >= 0.3 is 0 Å². The Balaban J connectivity index is 2.01. The fourth-order valence-electron chi connectivity index (χ4n) is 2.23. The average molecular weight is 326 g/mol. The second-order valence-electron chi connectivity index (χ2n) is 4.97. The minimum atomic E-state index is -3.03. The largest absolute Gasteiger partial charge is 0.350 e. The second-order valence-corrected chi connectivity index (χ2v) is 8.42. The zero-order valence-electron chi connectivity index (χ0n) is 11.8. The minimum Gasteiger partial charge on any atom is -0.350 e. The zero-order chi connectivity index (χ0) is 15.5. The van der Waals surface area contributed by atoms with Crippen molar-refractivity contribution in [3.63, 3.8) is 0 Å². The van der Waals surface area contributed by atoms with Gasteiger partial charge in [0.1, 0.15) is 0 Å². The molecule has 3 N–H and O–H groups in total. The van der Waals surface area contributed by atoms with Crippen LogP contribution in [0.5, 0.6) is 0 Å². The summed E-state index contributed by atoms with van der Waals surface area (Å²) in [5.74, 6) is 5.67. The molecule has 0 spiro atoms. The highest BCUT2D eigenvalue weighted by Crippen LogP contribution is 2.22. The monoisotopic (exact) mass is 326 g/mol. The Morgan fingerprint density at radius 1 is 1.57 bits per heavy atom. The molecule has 1 saturated heterocycles. The van der Waals surface area contributed by atoms with Crippen molar-refractivity contribution in [3.05, 3.63) is 21.4 Å². The average Bonchev–Trinajstić information content (AvgIpc) is 2.96. The van der Waals surface area contributed by atoms with Crippen LogP contribution in [-0.4, -0.2) is 38.4 Å². The topological polar surface area (TPSA) is 89.3 Å². The van der Waals surface area contributed by atoms with Gasteiger partial charge in [-0.25, -0.2) is 8.42 Å². The molecule has 0 bridgehead atoms. The van der Waals surface area contributed by atoms with Crippen LogP contribution in [0.1, 0.15) is 33.0 Å². The molecule has 0 aliphatic carbocycles. The van der Waals surface area contributed by atoms with E-state index in [1.807, 2.05) is 6.92 Å². The van der Waals surface area contributed by atoms with Crippen LogP contribution in [-0.2, 0) is 9.84 Å². The van der Waals surface area contributed by atoms with E-state index < -0.39 is 15.1 Å². The molecule has 7 heteroatoms. The second kappa shape index (κ2) is 6.60. The molecular formula is C14H18N2O3S2. The quantitative estimate of drug-likeness (QED) is 0.799. The number of thiophene rings is 1. The molecule has 1 unspecified atom stereocenters. The van der Waals surface area contributed by atoms with Crippen molar-refractivity contribution in [3.8, 4) is 11.8 Å². The number of rotatable bonds is 3. The molecule has 1 aromatic rings. The molecule has 1 atom stereocenters. The number of sulfone groups is 1. The summed E-state index contributed by atoms with van der Waals surface area (Å²) in [6.07, 6.45) is 1.30. The van der Waals surface area contributed by atoms with Crippen LogP contribution >= 0.6 is 11.3 Å². The maximum absolute atomic E-state index is 12.1. The lowest BCUT2D eigenvalue weighted by Gasteiger charge is -2.09. The number of nitrogens with two attached hydrogens (primary N) is 1. The fraction of sp³-hybridized carbons (Fsp3) is 0.500. The third kappa shape index (κ3) is 3.84. The maximum Gasteiger partial charge on any atom is 0.261 e. The van der Waals surface area contributed by atoms with Crippen molar-refractivity contribution in [1.82, 2.24) is 5.32 Å². The van der Waals surface area contributed by atoms with E-state index in [2.05, 4.69) is 17.2 Å². The normalized spacial score (nSPS) is 19.8. The first-order valence-electron chi connectivity index (χ1n) is 6.73. The molecule has 0 saturated carbocycles. The molecule has 1 amide bonds. The van der Waals surface area contributed by atoms with Crippen LogP contribution in [0.2, 0.25) is 0 Å². The Hall–Kier alpha value is -1.36. The molecule has 114 valence electrons. The van der Waals surface area contributed by atoms with E-state index >= 15 is 0 Å². The van der Waals surface area contributed by atoms with Gasteiger partial charge in [-0.05, 0) is 31.4 Å². The van der Waals surface area contributed by atoms with Gasteiger partial charge in [-0.3, -0.25) is 4.79 Å². The number of amides is 1. The van der Waals surface area contributed by atoms with Crippen molar-refractivity contribution in [2.75, 3.05) is 18.8 Å². The highest BCUT2D eigenvalue weighted by Gasteiger charge is 2.31. The van der Waals surface area contributed by atoms with E-state index in [0.29, 0.717) is 17.7 Å². The molecular weight excluding hydrogens is 308 g/mol. The van der Waals surface area contributed by atoms with Crippen LogP contribution < -0.4 is 11.1 Å². The van der Waals surface area contributed by atoms with Crippen LogP contribution in [0.4, 0.5) is 0 Å². The highest BCUT2D eigenvalue weighted by molar-refractivity contribution is 7.92. The minimum absolute atomic E-state index is 0.182. The van der Waals surface area contributed by atoms with Gasteiger partial charge in [-0.1, -0.05) is 11.8 Å². The summed E-state index contributed by atoms with van der Waals surface area (Å²) in [4.78, 5) is 13.4. The summed E-state index contributed by atoms with van der Waals surface area (Å²) in [5.41, 5.74) is 6.26. The standard InChI is InChI=1S/C14H18N2O3S2/c1-10-8-13(20-12(10)5-2-6-15)14(17)16-9-11-4-3-7-21(11,18)19/h8,11H,3-4,6-7,9,15H2,1H3,(H,16,17). The molecule has 5 nitrogen and oxygen atoms in total. The van der Waals surface area contributed by atoms with Crippen LogP contribution in [0.15, 0.2) is 6.07 Å². The molecule has 0 aromatic carbocycles. The molecule has 2 rings (SSSR count). The molecule has 1 aromatic heterocycles. The number of carbonyl (C=O) groups excluding carboxylic acids is 1. The van der Waals surface area contributed by atoms with Crippen LogP contribution in [0.3, 0.4) is 0 Å². The van der Waals surface area contributed by atoms with Crippen LogP contribution in [0, 0.1) is 18.8 Å². The molecule has 1 aliphatic heterocycles. The maximum atomic E-state index is 12.1. The van der Waals surface area contributed by atoms with E-state index in [4.69, 9.17) is 5.73 Å². The van der Waals surface area contributed by atoms with E-state index in [0.717, 1.165) is 10.4 Å². The Kier molecular flexibility index (Phi) is 5.04. The van der Waals surface area contributed by atoms with E-state index in [1.165, 1.54) is 11.3 Å². The van der Waals surface area contributed by atoms with Gasteiger partial charge in [0.2, 0.25) is 0 Å². The number of aryl methyl sites for hydroxylation is 1. The first-order valence-corrected chi connectivity index (χ1v) is 9.26. The van der Waals surface area contributed by atoms with Crippen molar-refractivity contribution in [2.24, 2.45) is 5.73 Å². The highest BCUT2D eigenvalue weighted by atomic mass is 32.2.